The van der Waals surface area contributed by atoms with E-state index in [9.17, 15) is 4.79 Å². The minimum Gasteiger partial charge on any atom is -0.363 e. The average molecular weight is 217 g/mol. The van der Waals surface area contributed by atoms with Gasteiger partial charge in [-0.05, 0) is 25.6 Å². The largest absolute Gasteiger partial charge is 0.363 e. The summed E-state index contributed by atoms with van der Waals surface area (Å²) in [5, 5.41) is 9.02. The number of carbonyl (C=O) groups excluding carboxylic acids is 1. The van der Waals surface area contributed by atoms with Crippen LogP contribution in [0.4, 0.5) is 0 Å². The van der Waals surface area contributed by atoms with Crippen LogP contribution in [0, 0.1) is 0 Å². The highest BCUT2D eigenvalue weighted by atomic mass is 32.1. The molecule has 0 spiro atoms. The highest BCUT2D eigenvalue weighted by molar-refractivity contribution is 7.80. The van der Waals surface area contributed by atoms with Gasteiger partial charge in [0.15, 0.2) is 5.11 Å². The summed E-state index contributed by atoms with van der Waals surface area (Å²) in [5.41, 5.74) is 0. The third kappa shape index (κ3) is 5.75. The smallest absolute Gasteiger partial charge is 0.242 e. The lowest BCUT2D eigenvalue weighted by Crippen LogP contribution is -2.47. The third-order valence-corrected chi connectivity index (χ3v) is 2.07. The molecule has 1 amide bonds. The summed E-state index contributed by atoms with van der Waals surface area (Å²) in [5.74, 6) is -0.0651. The number of thiocarbonyl (C=S) groups is 1. The summed E-state index contributed by atoms with van der Waals surface area (Å²) in [7, 11) is 1.61. The highest BCUT2D eigenvalue weighted by Crippen LogP contribution is 1.84. The van der Waals surface area contributed by atoms with Crippen molar-refractivity contribution in [1.29, 1.82) is 0 Å². The zero-order valence-corrected chi connectivity index (χ0v) is 9.83. The van der Waals surface area contributed by atoms with E-state index in [1.54, 1.807) is 14.0 Å². The van der Waals surface area contributed by atoms with Crippen molar-refractivity contribution in [2.45, 2.75) is 32.7 Å². The van der Waals surface area contributed by atoms with Crippen molar-refractivity contribution < 1.29 is 4.79 Å². The molecule has 5 heteroatoms. The van der Waals surface area contributed by atoms with Gasteiger partial charge in [0.25, 0.3) is 0 Å². The fraction of sp³-hybridized carbons (Fsp3) is 0.778. The molecule has 0 aromatic rings. The first-order valence-electron chi connectivity index (χ1n) is 4.87. The Balaban J connectivity index is 3.65. The second-order valence-corrected chi connectivity index (χ2v) is 3.50. The van der Waals surface area contributed by atoms with Crippen LogP contribution in [0.5, 0.6) is 0 Å². The van der Waals surface area contributed by atoms with Crippen LogP contribution in [0.3, 0.4) is 0 Å². The molecular formula is C9H19N3OS. The SMILES string of the molecule is CCCCNC(=S)NC(C)C(=O)NC. The predicted molar refractivity (Wildman–Crippen MR) is 62.2 cm³/mol. The number of hydrogen-bond donors (Lipinski definition) is 3. The van der Waals surface area contributed by atoms with Gasteiger partial charge in [-0.1, -0.05) is 13.3 Å². The zero-order valence-electron chi connectivity index (χ0n) is 9.02. The second-order valence-electron chi connectivity index (χ2n) is 3.09. The van der Waals surface area contributed by atoms with Gasteiger partial charge in [-0.15, -0.1) is 0 Å². The Kier molecular flexibility index (Phi) is 7.10. The van der Waals surface area contributed by atoms with Gasteiger partial charge in [0, 0.05) is 13.6 Å². The van der Waals surface area contributed by atoms with Gasteiger partial charge < -0.3 is 16.0 Å². The molecule has 0 aliphatic rings. The topological polar surface area (TPSA) is 53.2 Å². The standard InChI is InChI=1S/C9H19N3OS/c1-4-5-6-11-9(14)12-7(2)8(13)10-3/h7H,4-6H2,1-3H3,(H,10,13)(H2,11,12,14). The van der Waals surface area contributed by atoms with Crippen LogP contribution >= 0.6 is 12.2 Å². The summed E-state index contributed by atoms with van der Waals surface area (Å²) in [6, 6.07) is -0.290. The van der Waals surface area contributed by atoms with E-state index in [2.05, 4.69) is 22.9 Å². The molecule has 0 aliphatic carbocycles. The molecule has 0 fully saturated rings. The zero-order chi connectivity index (χ0) is 11.0. The van der Waals surface area contributed by atoms with Gasteiger partial charge in [0.1, 0.15) is 6.04 Å². The monoisotopic (exact) mass is 217 g/mol. The van der Waals surface area contributed by atoms with E-state index in [4.69, 9.17) is 12.2 Å². The number of likely N-dealkylation sites (N-methyl/N-ethyl adjacent to an activating group) is 1. The van der Waals surface area contributed by atoms with Gasteiger partial charge in [-0.25, -0.2) is 0 Å². The van der Waals surface area contributed by atoms with Gasteiger partial charge in [0.2, 0.25) is 5.91 Å². The molecule has 4 nitrogen and oxygen atoms in total. The van der Waals surface area contributed by atoms with E-state index in [-0.39, 0.29) is 11.9 Å². The molecule has 0 heterocycles. The van der Waals surface area contributed by atoms with Crippen molar-refractivity contribution in [3.63, 3.8) is 0 Å². The number of hydrogen-bond acceptors (Lipinski definition) is 2. The predicted octanol–water partition coefficient (Wildman–Crippen LogP) is 0.385. The van der Waals surface area contributed by atoms with Crippen molar-refractivity contribution in [3.05, 3.63) is 0 Å². The molecule has 0 saturated carbocycles. The Bertz CT molecular complexity index is 196. The molecule has 0 saturated heterocycles. The van der Waals surface area contributed by atoms with Crippen molar-refractivity contribution in [1.82, 2.24) is 16.0 Å². The Morgan fingerprint density at radius 3 is 2.64 bits per heavy atom. The number of unbranched alkanes of at least 4 members (excludes halogenated alkanes) is 1. The lowest BCUT2D eigenvalue weighted by Gasteiger charge is -2.15. The van der Waals surface area contributed by atoms with Crippen LogP contribution < -0.4 is 16.0 Å². The number of carbonyl (C=O) groups is 1. The van der Waals surface area contributed by atoms with Gasteiger partial charge >= 0.3 is 0 Å². The van der Waals surface area contributed by atoms with Crippen molar-refractivity contribution >= 4 is 23.2 Å². The number of rotatable bonds is 5. The van der Waals surface area contributed by atoms with E-state index < -0.39 is 0 Å². The molecule has 1 atom stereocenters. The third-order valence-electron chi connectivity index (χ3n) is 1.80. The van der Waals surface area contributed by atoms with E-state index in [0.29, 0.717) is 5.11 Å². The van der Waals surface area contributed by atoms with Gasteiger partial charge in [-0.2, -0.15) is 0 Å². The Hall–Kier alpha value is -0.840. The fourth-order valence-corrected chi connectivity index (χ4v) is 1.19. The number of amides is 1. The normalized spacial score (nSPS) is 11.6. The summed E-state index contributed by atoms with van der Waals surface area (Å²) in [6.07, 6.45) is 2.21. The summed E-state index contributed by atoms with van der Waals surface area (Å²) in [6.45, 7) is 4.74. The van der Waals surface area contributed by atoms with Crippen LogP contribution in [0.2, 0.25) is 0 Å². The summed E-state index contributed by atoms with van der Waals surface area (Å²) < 4.78 is 0. The Labute approximate surface area is 90.8 Å². The van der Waals surface area contributed by atoms with Crippen LogP contribution in [0.25, 0.3) is 0 Å². The first-order chi connectivity index (χ1) is 6.61. The first-order valence-corrected chi connectivity index (χ1v) is 5.28. The minimum atomic E-state index is -0.290. The molecule has 14 heavy (non-hydrogen) atoms. The quantitative estimate of drug-likeness (QED) is 0.460. The molecule has 82 valence electrons. The molecule has 0 aliphatic heterocycles. The molecule has 0 aromatic carbocycles. The molecule has 0 aromatic heterocycles. The maximum absolute atomic E-state index is 11.1. The van der Waals surface area contributed by atoms with Crippen LogP contribution in [-0.4, -0.2) is 30.7 Å². The van der Waals surface area contributed by atoms with Crippen LogP contribution in [0.15, 0.2) is 0 Å². The maximum Gasteiger partial charge on any atom is 0.242 e. The second kappa shape index (κ2) is 7.55. The average Bonchev–Trinajstić information content (AvgIpc) is 2.16. The summed E-state index contributed by atoms with van der Waals surface area (Å²) >= 11 is 5.01. The fourth-order valence-electron chi connectivity index (χ4n) is 0.908. The van der Waals surface area contributed by atoms with Crippen LogP contribution in [-0.2, 0) is 4.79 Å². The number of nitrogens with one attached hydrogen (secondary N) is 3. The molecule has 0 bridgehead atoms. The molecule has 0 rings (SSSR count). The molecule has 3 N–H and O–H groups in total. The van der Waals surface area contributed by atoms with Crippen molar-refractivity contribution in [3.8, 4) is 0 Å². The molecule has 0 radical (unpaired) electrons. The maximum atomic E-state index is 11.1. The van der Waals surface area contributed by atoms with E-state index in [0.717, 1.165) is 19.4 Å². The molecule has 1 unspecified atom stereocenters. The minimum absolute atomic E-state index is 0.0651. The summed E-state index contributed by atoms with van der Waals surface area (Å²) in [4.78, 5) is 11.1. The first kappa shape index (κ1) is 13.2. The Morgan fingerprint density at radius 1 is 1.50 bits per heavy atom. The van der Waals surface area contributed by atoms with Crippen molar-refractivity contribution in [2.24, 2.45) is 0 Å². The van der Waals surface area contributed by atoms with Gasteiger partial charge in [0.05, 0.1) is 0 Å². The lowest BCUT2D eigenvalue weighted by molar-refractivity contribution is -0.121. The Morgan fingerprint density at radius 2 is 2.14 bits per heavy atom. The van der Waals surface area contributed by atoms with Crippen molar-refractivity contribution in [2.75, 3.05) is 13.6 Å². The van der Waals surface area contributed by atoms with E-state index in [1.165, 1.54) is 0 Å². The highest BCUT2D eigenvalue weighted by Gasteiger charge is 2.10. The van der Waals surface area contributed by atoms with Gasteiger partial charge in [-0.3, -0.25) is 4.79 Å². The van der Waals surface area contributed by atoms with E-state index >= 15 is 0 Å². The van der Waals surface area contributed by atoms with Crippen LogP contribution in [0.1, 0.15) is 26.7 Å². The molecular weight excluding hydrogens is 198 g/mol. The lowest BCUT2D eigenvalue weighted by atomic mass is 10.3. The van der Waals surface area contributed by atoms with E-state index in [1.807, 2.05) is 0 Å².